The van der Waals surface area contributed by atoms with Crippen LogP contribution in [0.3, 0.4) is 0 Å². The molecule has 1 aliphatic rings. The molecule has 1 fully saturated rings. The van der Waals surface area contributed by atoms with E-state index in [0.29, 0.717) is 25.9 Å². The predicted octanol–water partition coefficient (Wildman–Crippen LogP) is 0.624. The molecule has 0 aromatic carbocycles. The number of carbonyl (C=O) groups excluding carboxylic acids is 2. The normalized spacial score (nSPS) is 15.9. The number of likely N-dealkylation sites (tertiary alicyclic amines) is 1. The number of hydrogen-bond acceptors (Lipinski definition) is 3. The third-order valence-electron chi connectivity index (χ3n) is 3.86. The molecule has 6 heteroatoms. The van der Waals surface area contributed by atoms with E-state index in [1.165, 1.54) is 12.3 Å². The molecule has 2 amide bonds. The van der Waals surface area contributed by atoms with Gasteiger partial charge >= 0.3 is 0 Å². The topological polar surface area (TPSA) is 73.5 Å². The zero-order valence-corrected chi connectivity index (χ0v) is 12.7. The van der Waals surface area contributed by atoms with Crippen molar-refractivity contribution < 1.29 is 9.59 Å². The molecule has 0 radical (unpaired) electrons. The van der Waals surface area contributed by atoms with Gasteiger partial charge in [-0.1, -0.05) is 0 Å². The van der Waals surface area contributed by atoms with Gasteiger partial charge in [-0.25, -0.2) is 0 Å². The fraction of sp³-hybridized carbons (Fsp3) is 0.533. The number of piperidine rings is 1. The number of amides is 2. The number of aromatic amines is 1. The van der Waals surface area contributed by atoms with Crippen LogP contribution in [0, 0.1) is 12.8 Å². The average Bonchev–Trinajstić information content (AvgIpc) is 2.46. The van der Waals surface area contributed by atoms with Gasteiger partial charge in [-0.15, -0.1) is 0 Å². The second-order valence-corrected chi connectivity index (χ2v) is 5.69. The van der Waals surface area contributed by atoms with Gasteiger partial charge < -0.3 is 14.8 Å². The van der Waals surface area contributed by atoms with Gasteiger partial charge in [0.2, 0.25) is 5.91 Å². The summed E-state index contributed by atoms with van der Waals surface area (Å²) in [7, 11) is 3.48. The summed E-state index contributed by atoms with van der Waals surface area (Å²) in [6.07, 6.45) is 2.76. The first-order chi connectivity index (χ1) is 9.90. The lowest BCUT2D eigenvalue weighted by molar-refractivity contribution is -0.134. The zero-order chi connectivity index (χ0) is 15.6. The van der Waals surface area contributed by atoms with Gasteiger partial charge in [0.25, 0.3) is 5.91 Å². The molecule has 1 N–H and O–H groups in total. The first-order valence-corrected chi connectivity index (χ1v) is 7.10. The predicted molar refractivity (Wildman–Crippen MR) is 79.1 cm³/mol. The van der Waals surface area contributed by atoms with Crippen LogP contribution in [0.5, 0.6) is 0 Å². The molecule has 0 unspecified atom stereocenters. The summed E-state index contributed by atoms with van der Waals surface area (Å²) in [5, 5.41) is 0. The molecule has 1 aromatic rings. The molecule has 2 heterocycles. The Labute approximate surface area is 123 Å². The van der Waals surface area contributed by atoms with Gasteiger partial charge in [-0.3, -0.25) is 14.4 Å². The van der Waals surface area contributed by atoms with Crippen LogP contribution in [0.1, 0.15) is 28.9 Å². The minimum atomic E-state index is -0.261. The third kappa shape index (κ3) is 3.32. The molecule has 21 heavy (non-hydrogen) atoms. The second-order valence-electron chi connectivity index (χ2n) is 5.69. The summed E-state index contributed by atoms with van der Waals surface area (Å²) in [4.78, 5) is 42.3. The second kappa shape index (κ2) is 6.11. The standard InChI is InChI=1S/C15H21N3O3/c1-10-8-13(19)12(9-16-10)15(21)18-6-4-11(5-7-18)14(20)17(2)3/h8-9,11H,4-7H2,1-3H3,(H,16,19). The van der Waals surface area contributed by atoms with E-state index in [4.69, 9.17) is 0 Å². The molecule has 1 aromatic heterocycles. The Morgan fingerprint density at radius 1 is 1.29 bits per heavy atom. The first kappa shape index (κ1) is 15.3. The van der Waals surface area contributed by atoms with Crippen LogP contribution in [-0.2, 0) is 4.79 Å². The lowest BCUT2D eigenvalue weighted by atomic mass is 9.95. The summed E-state index contributed by atoms with van der Waals surface area (Å²) in [5.41, 5.74) is 0.632. The van der Waals surface area contributed by atoms with Crippen molar-refractivity contribution in [2.45, 2.75) is 19.8 Å². The number of rotatable bonds is 2. The highest BCUT2D eigenvalue weighted by atomic mass is 16.2. The van der Waals surface area contributed by atoms with E-state index in [9.17, 15) is 14.4 Å². The van der Waals surface area contributed by atoms with Gasteiger partial charge in [-0.2, -0.15) is 0 Å². The van der Waals surface area contributed by atoms with E-state index in [2.05, 4.69) is 4.98 Å². The SMILES string of the molecule is Cc1cc(=O)c(C(=O)N2CCC(C(=O)N(C)C)CC2)c[nH]1. The highest BCUT2D eigenvalue weighted by Crippen LogP contribution is 2.19. The van der Waals surface area contributed by atoms with Crippen LogP contribution in [0.25, 0.3) is 0 Å². The molecule has 114 valence electrons. The van der Waals surface area contributed by atoms with Gasteiger partial charge in [0.1, 0.15) is 5.56 Å². The lowest BCUT2D eigenvalue weighted by Gasteiger charge is -2.32. The largest absolute Gasteiger partial charge is 0.364 e. The number of hydrogen-bond donors (Lipinski definition) is 1. The van der Waals surface area contributed by atoms with Crippen molar-refractivity contribution >= 4 is 11.8 Å². The van der Waals surface area contributed by atoms with Crippen molar-refractivity contribution in [3.05, 3.63) is 33.7 Å². The molecule has 0 saturated carbocycles. The maximum Gasteiger partial charge on any atom is 0.259 e. The monoisotopic (exact) mass is 291 g/mol. The van der Waals surface area contributed by atoms with Gasteiger partial charge in [0.05, 0.1) is 0 Å². The third-order valence-corrected chi connectivity index (χ3v) is 3.86. The summed E-state index contributed by atoms with van der Waals surface area (Å²) in [6.45, 7) is 2.79. The minimum Gasteiger partial charge on any atom is -0.364 e. The quantitative estimate of drug-likeness (QED) is 0.868. The first-order valence-electron chi connectivity index (χ1n) is 7.10. The van der Waals surface area contributed by atoms with Crippen LogP contribution < -0.4 is 5.43 Å². The summed E-state index contributed by atoms with van der Waals surface area (Å²) >= 11 is 0. The Morgan fingerprint density at radius 2 is 1.90 bits per heavy atom. The summed E-state index contributed by atoms with van der Waals surface area (Å²) in [5.74, 6) is -0.178. The van der Waals surface area contributed by atoms with Crippen molar-refractivity contribution in [3.63, 3.8) is 0 Å². The molecule has 6 nitrogen and oxygen atoms in total. The summed E-state index contributed by atoms with van der Waals surface area (Å²) < 4.78 is 0. The van der Waals surface area contributed by atoms with Gasteiger partial charge in [0, 0.05) is 51.1 Å². The Kier molecular flexibility index (Phi) is 4.45. The van der Waals surface area contributed by atoms with Crippen LogP contribution >= 0.6 is 0 Å². The maximum atomic E-state index is 12.4. The van der Waals surface area contributed by atoms with E-state index in [-0.39, 0.29) is 28.7 Å². The number of aromatic nitrogens is 1. The molecule has 0 aliphatic carbocycles. The Balaban J connectivity index is 2.03. The lowest BCUT2D eigenvalue weighted by Crippen LogP contribution is -2.43. The molecule has 0 atom stereocenters. The fourth-order valence-corrected chi connectivity index (χ4v) is 2.61. The number of carbonyl (C=O) groups is 2. The maximum absolute atomic E-state index is 12.4. The highest BCUT2D eigenvalue weighted by molar-refractivity contribution is 5.94. The number of H-pyrrole nitrogens is 1. The van der Waals surface area contributed by atoms with Crippen molar-refractivity contribution in [2.24, 2.45) is 5.92 Å². The number of pyridine rings is 1. The van der Waals surface area contributed by atoms with Crippen LogP contribution in [-0.4, -0.2) is 53.8 Å². The molecule has 2 rings (SSSR count). The highest BCUT2D eigenvalue weighted by Gasteiger charge is 2.29. The summed E-state index contributed by atoms with van der Waals surface area (Å²) in [6, 6.07) is 1.43. The number of nitrogens with one attached hydrogen (secondary N) is 1. The van der Waals surface area contributed by atoms with Gasteiger partial charge in [-0.05, 0) is 19.8 Å². The van der Waals surface area contributed by atoms with E-state index < -0.39 is 0 Å². The minimum absolute atomic E-state index is 0.0275. The van der Waals surface area contributed by atoms with E-state index in [0.717, 1.165) is 5.69 Å². The number of nitrogens with zero attached hydrogens (tertiary/aromatic N) is 2. The van der Waals surface area contributed by atoms with Crippen molar-refractivity contribution in [1.29, 1.82) is 0 Å². The molecule has 0 bridgehead atoms. The number of aryl methyl sites for hydroxylation is 1. The Bertz CT molecular complexity index is 598. The fourth-order valence-electron chi connectivity index (χ4n) is 2.61. The molecule has 0 spiro atoms. The van der Waals surface area contributed by atoms with Crippen LogP contribution in [0.4, 0.5) is 0 Å². The van der Waals surface area contributed by atoms with Crippen molar-refractivity contribution in [1.82, 2.24) is 14.8 Å². The van der Waals surface area contributed by atoms with Crippen molar-refractivity contribution in [2.75, 3.05) is 27.2 Å². The average molecular weight is 291 g/mol. The van der Waals surface area contributed by atoms with Crippen molar-refractivity contribution in [3.8, 4) is 0 Å². The smallest absolute Gasteiger partial charge is 0.259 e. The van der Waals surface area contributed by atoms with Crippen LogP contribution in [0.15, 0.2) is 17.1 Å². The molecule has 1 aliphatic heterocycles. The Hall–Kier alpha value is -2.11. The molecular weight excluding hydrogens is 270 g/mol. The van der Waals surface area contributed by atoms with E-state index in [1.807, 2.05) is 0 Å². The zero-order valence-electron chi connectivity index (χ0n) is 12.7. The van der Waals surface area contributed by atoms with Crippen LogP contribution in [0.2, 0.25) is 0 Å². The molecule has 1 saturated heterocycles. The Morgan fingerprint density at radius 3 is 2.43 bits per heavy atom. The van der Waals surface area contributed by atoms with E-state index >= 15 is 0 Å². The van der Waals surface area contributed by atoms with E-state index in [1.54, 1.807) is 30.8 Å². The molecular formula is C15H21N3O3. The van der Waals surface area contributed by atoms with Gasteiger partial charge in [0.15, 0.2) is 5.43 Å².